The third-order valence-electron chi connectivity index (χ3n) is 5.41. The van der Waals surface area contributed by atoms with Crippen LogP contribution in [-0.2, 0) is 5.60 Å². The summed E-state index contributed by atoms with van der Waals surface area (Å²) in [5.74, 6) is -0.0386. The van der Waals surface area contributed by atoms with E-state index in [0.29, 0.717) is 36.5 Å². The molecule has 0 unspecified atom stereocenters. The van der Waals surface area contributed by atoms with Gasteiger partial charge < -0.3 is 10.0 Å². The number of hydrogen-bond donors (Lipinski definition) is 1. The quantitative estimate of drug-likeness (QED) is 0.676. The molecular weight excluding hydrogens is 360 g/mol. The number of fused-ring (bicyclic) bond motifs is 1. The van der Waals surface area contributed by atoms with Crippen LogP contribution < -0.4 is 4.90 Å². The fourth-order valence-electron chi connectivity index (χ4n) is 3.91. The van der Waals surface area contributed by atoms with E-state index in [1.165, 1.54) is 0 Å². The lowest BCUT2D eigenvalue weighted by Crippen LogP contribution is -2.43. The summed E-state index contributed by atoms with van der Waals surface area (Å²) >= 11 is 6.39. The highest BCUT2D eigenvalue weighted by Crippen LogP contribution is 2.39. The minimum Gasteiger partial charge on any atom is -0.385 e. The molecule has 138 valence electrons. The molecule has 1 saturated heterocycles. The summed E-state index contributed by atoms with van der Waals surface area (Å²) in [4.78, 5) is 19.0. The highest BCUT2D eigenvalue weighted by atomic mass is 35.5. The Morgan fingerprint density at radius 3 is 2.52 bits per heavy atom. The number of ketones is 1. The molecule has 2 aromatic carbocycles. The van der Waals surface area contributed by atoms with Crippen LogP contribution in [0, 0.1) is 0 Å². The molecule has 0 aliphatic carbocycles. The summed E-state index contributed by atoms with van der Waals surface area (Å²) in [6, 6.07) is 15.3. The molecule has 2 heterocycles. The summed E-state index contributed by atoms with van der Waals surface area (Å²) in [6.45, 7) is 2.83. The van der Waals surface area contributed by atoms with E-state index in [9.17, 15) is 9.90 Å². The molecule has 1 aliphatic heterocycles. The number of rotatable bonds is 3. The van der Waals surface area contributed by atoms with Crippen LogP contribution in [-0.4, -0.2) is 29.0 Å². The molecule has 3 aromatic rings. The van der Waals surface area contributed by atoms with Crippen molar-refractivity contribution in [3.05, 3.63) is 70.9 Å². The number of Topliss-reactive ketones (excluding diaryl/α,β-unsaturated/α-hetero) is 1. The first-order chi connectivity index (χ1) is 13.0. The van der Waals surface area contributed by atoms with Crippen LogP contribution in [0.25, 0.3) is 10.9 Å². The van der Waals surface area contributed by atoms with Gasteiger partial charge in [0.1, 0.15) is 0 Å². The zero-order valence-corrected chi connectivity index (χ0v) is 15.9. The maximum atomic E-state index is 12.3. The number of benzene rings is 2. The number of nitrogens with zero attached hydrogens (tertiary/aromatic N) is 2. The molecule has 0 saturated carbocycles. The van der Waals surface area contributed by atoms with E-state index in [4.69, 9.17) is 11.6 Å². The van der Waals surface area contributed by atoms with E-state index in [-0.39, 0.29) is 5.78 Å². The predicted octanol–water partition coefficient (Wildman–Crippen LogP) is 4.58. The number of halogens is 1. The minimum absolute atomic E-state index is 0.0386. The fraction of sp³-hybridized carbons (Fsp3) is 0.273. The molecule has 1 aromatic heterocycles. The van der Waals surface area contributed by atoms with E-state index in [1.807, 2.05) is 42.5 Å². The van der Waals surface area contributed by atoms with Gasteiger partial charge >= 0.3 is 0 Å². The van der Waals surface area contributed by atoms with Gasteiger partial charge in [0.15, 0.2) is 5.78 Å². The summed E-state index contributed by atoms with van der Waals surface area (Å²) < 4.78 is 0. The van der Waals surface area contributed by atoms with Crippen LogP contribution >= 0.6 is 11.6 Å². The lowest BCUT2D eigenvalue weighted by Gasteiger charge is -2.40. The van der Waals surface area contributed by atoms with Crippen molar-refractivity contribution in [1.29, 1.82) is 0 Å². The first-order valence-corrected chi connectivity index (χ1v) is 9.48. The highest BCUT2D eigenvalue weighted by Gasteiger charge is 2.35. The Morgan fingerprint density at radius 1 is 1.15 bits per heavy atom. The van der Waals surface area contributed by atoms with Crippen LogP contribution in [0.15, 0.2) is 54.7 Å². The molecule has 4 nitrogen and oxygen atoms in total. The minimum atomic E-state index is -0.843. The van der Waals surface area contributed by atoms with Crippen molar-refractivity contribution in [3.63, 3.8) is 0 Å². The topological polar surface area (TPSA) is 53.4 Å². The van der Waals surface area contributed by atoms with Crippen LogP contribution in [0.4, 0.5) is 5.69 Å². The van der Waals surface area contributed by atoms with Crippen molar-refractivity contribution in [2.24, 2.45) is 0 Å². The monoisotopic (exact) mass is 380 g/mol. The van der Waals surface area contributed by atoms with Gasteiger partial charge in [-0.3, -0.25) is 9.78 Å². The Labute approximate surface area is 163 Å². The Kier molecular flexibility index (Phi) is 4.62. The standard InChI is InChI=1S/C22H21ClN2O2/c1-15(26)18-14-19(23)17-8-5-11-24-20(17)21(18)25-12-9-22(27,10-13-25)16-6-3-2-4-7-16/h2-8,11,14,27H,9-10,12-13H2,1H3. The van der Waals surface area contributed by atoms with Gasteiger partial charge in [0.2, 0.25) is 0 Å². The lowest BCUT2D eigenvalue weighted by atomic mass is 9.84. The van der Waals surface area contributed by atoms with E-state index in [0.717, 1.165) is 22.2 Å². The van der Waals surface area contributed by atoms with Crippen molar-refractivity contribution in [3.8, 4) is 0 Å². The first-order valence-electron chi connectivity index (χ1n) is 9.11. The van der Waals surface area contributed by atoms with Gasteiger partial charge in [0.25, 0.3) is 0 Å². The average Bonchev–Trinajstić information content (AvgIpc) is 2.69. The molecule has 0 atom stereocenters. The van der Waals surface area contributed by atoms with Crippen molar-refractivity contribution in [1.82, 2.24) is 4.98 Å². The second-order valence-electron chi connectivity index (χ2n) is 7.09. The van der Waals surface area contributed by atoms with Gasteiger partial charge in [0, 0.05) is 30.2 Å². The summed E-state index contributed by atoms with van der Waals surface area (Å²) in [5, 5.41) is 12.5. The molecule has 1 aliphatic rings. The second-order valence-corrected chi connectivity index (χ2v) is 7.50. The van der Waals surface area contributed by atoms with Crippen LogP contribution in [0.2, 0.25) is 5.02 Å². The SMILES string of the molecule is CC(=O)c1cc(Cl)c2cccnc2c1N1CCC(O)(c2ccccc2)CC1. The van der Waals surface area contributed by atoms with Crippen molar-refractivity contribution in [2.75, 3.05) is 18.0 Å². The molecule has 0 radical (unpaired) electrons. The molecule has 0 bridgehead atoms. The Bertz CT molecular complexity index is 996. The first kappa shape index (κ1) is 18.0. The number of aromatic nitrogens is 1. The molecule has 0 amide bonds. The number of carbonyl (C=O) groups is 1. The zero-order valence-electron chi connectivity index (χ0n) is 15.2. The molecule has 0 spiro atoms. The number of hydrogen-bond acceptors (Lipinski definition) is 4. The van der Waals surface area contributed by atoms with Gasteiger partial charge in [-0.1, -0.05) is 41.9 Å². The van der Waals surface area contributed by atoms with Crippen LogP contribution in [0.3, 0.4) is 0 Å². The average molecular weight is 381 g/mol. The smallest absolute Gasteiger partial charge is 0.162 e. The maximum absolute atomic E-state index is 12.3. The molecule has 5 heteroatoms. The second kappa shape index (κ2) is 6.95. The largest absolute Gasteiger partial charge is 0.385 e. The molecule has 1 N–H and O–H groups in total. The van der Waals surface area contributed by atoms with E-state index >= 15 is 0 Å². The zero-order chi connectivity index (χ0) is 19.0. The van der Waals surface area contributed by atoms with Gasteiger partial charge in [-0.05, 0) is 43.5 Å². The molecule has 27 heavy (non-hydrogen) atoms. The number of anilines is 1. The lowest BCUT2D eigenvalue weighted by molar-refractivity contribution is 0.0118. The number of carbonyl (C=O) groups excluding carboxylic acids is 1. The summed E-state index contributed by atoms with van der Waals surface area (Å²) in [7, 11) is 0. The normalized spacial score (nSPS) is 16.5. The Hall–Kier alpha value is -2.43. The van der Waals surface area contributed by atoms with E-state index < -0.39 is 5.60 Å². The number of piperidine rings is 1. The summed E-state index contributed by atoms with van der Waals surface area (Å²) in [5.41, 5.74) is 2.23. The van der Waals surface area contributed by atoms with Crippen LogP contribution in [0.5, 0.6) is 0 Å². The van der Waals surface area contributed by atoms with E-state index in [1.54, 1.807) is 19.2 Å². The molecular formula is C22H21ClN2O2. The van der Waals surface area contributed by atoms with E-state index in [2.05, 4.69) is 9.88 Å². The third kappa shape index (κ3) is 3.20. The van der Waals surface area contributed by atoms with Gasteiger partial charge in [-0.2, -0.15) is 0 Å². The van der Waals surface area contributed by atoms with Gasteiger partial charge in [-0.25, -0.2) is 0 Å². The highest BCUT2D eigenvalue weighted by molar-refractivity contribution is 6.36. The van der Waals surface area contributed by atoms with Gasteiger partial charge in [-0.15, -0.1) is 0 Å². The summed E-state index contributed by atoms with van der Waals surface area (Å²) in [6.07, 6.45) is 2.90. The Balaban J connectivity index is 1.73. The van der Waals surface area contributed by atoms with Crippen molar-refractivity contribution < 1.29 is 9.90 Å². The number of pyridine rings is 1. The molecule has 4 rings (SSSR count). The third-order valence-corrected chi connectivity index (χ3v) is 5.73. The molecule has 1 fully saturated rings. The maximum Gasteiger partial charge on any atom is 0.162 e. The number of aliphatic hydroxyl groups is 1. The van der Waals surface area contributed by atoms with Crippen molar-refractivity contribution in [2.45, 2.75) is 25.4 Å². The van der Waals surface area contributed by atoms with Gasteiger partial charge in [0.05, 0.1) is 21.8 Å². The van der Waals surface area contributed by atoms with Crippen LogP contribution in [0.1, 0.15) is 35.7 Å². The van der Waals surface area contributed by atoms with Crippen molar-refractivity contribution >= 4 is 34.0 Å². The fourth-order valence-corrected chi connectivity index (χ4v) is 4.17. The predicted molar refractivity (Wildman–Crippen MR) is 109 cm³/mol. The Morgan fingerprint density at radius 2 is 1.85 bits per heavy atom.